The first-order chi connectivity index (χ1) is 11.1. The second kappa shape index (κ2) is 8.47. The molecule has 6 heteroatoms. The minimum absolute atomic E-state index is 0.191. The van der Waals surface area contributed by atoms with Crippen LogP contribution in [0, 0.1) is 5.92 Å². The molecule has 0 spiro atoms. The predicted octanol–water partition coefficient (Wildman–Crippen LogP) is 3.14. The summed E-state index contributed by atoms with van der Waals surface area (Å²) < 4.78 is 15.1. The third-order valence-corrected chi connectivity index (χ3v) is 3.06. The molecule has 0 heterocycles. The van der Waals surface area contributed by atoms with E-state index >= 15 is 0 Å². The van der Waals surface area contributed by atoms with E-state index in [4.69, 9.17) is 14.2 Å². The summed E-state index contributed by atoms with van der Waals surface area (Å²) >= 11 is 0. The molecule has 1 atom stereocenters. The van der Waals surface area contributed by atoms with Gasteiger partial charge in [0.05, 0.1) is 11.5 Å². The van der Waals surface area contributed by atoms with E-state index in [1.165, 1.54) is 24.3 Å². The number of hydrogen-bond acceptors (Lipinski definition) is 6. The predicted molar refractivity (Wildman–Crippen MR) is 87.7 cm³/mol. The van der Waals surface area contributed by atoms with Gasteiger partial charge in [0.1, 0.15) is 11.4 Å². The Morgan fingerprint density at radius 2 is 1.67 bits per heavy atom. The average Bonchev–Trinajstić information content (AvgIpc) is 2.50. The molecule has 0 fully saturated rings. The Balaban J connectivity index is 2.55. The van der Waals surface area contributed by atoms with Gasteiger partial charge in [0.15, 0.2) is 6.61 Å². The van der Waals surface area contributed by atoms with Crippen molar-refractivity contribution in [3.63, 3.8) is 0 Å². The van der Waals surface area contributed by atoms with E-state index in [1.54, 1.807) is 27.7 Å². The molecule has 6 nitrogen and oxygen atoms in total. The summed E-state index contributed by atoms with van der Waals surface area (Å²) in [6.07, 6.45) is 0.688. The highest BCUT2D eigenvalue weighted by Crippen LogP contribution is 2.16. The monoisotopic (exact) mass is 336 g/mol. The van der Waals surface area contributed by atoms with Crippen molar-refractivity contribution < 1.29 is 28.6 Å². The number of hydrogen-bond donors (Lipinski definition) is 0. The van der Waals surface area contributed by atoms with Gasteiger partial charge in [0.25, 0.3) is 0 Å². The fourth-order valence-corrected chi connectivity index (χ4v) is 1.62. The van der Waals surface area contributed by atoms with Crippen molar-refractivity contribution in [1.29, 1.82) is 0 Å². The summed E-state index contributed by atoms with van der Waals surface area (Å²) in [6.45, 7) is 8.41. The number of carbonyl (C=O) groups is 3. The Labute approximate surface area is 142 Å². The smallest absolute Gasteiger partial charge is 0.344 e. The number of ether oxygens (including phenoxy) is 3. The standard InChI is InChI=1S/C18H24O6/c1-6-12(2)16(20)23-14-9-7-13(8-10-14)17(21)22-11-15(19)24-18(3,4)5/h7-10,12H,6,11H2,1-5H3. The van der Waals surface area contributed by atoms with Crippen molar-refractivity contribution in [2.75, 3.05) is 6.61 Å². The molecule has 24 heavy (non-hydrogen) atoms. The second-order valence-electron chi connectivity index (χ2n) is 6.42. The van der Waals surface area contributed by atoms with E-state index < -0.39 is 24.1 Å². The number of esters is 3. The van der Waals surface area contributed by atoms with Crippen LogP contribution in [0.15, 0.2) is 24.3 Å². The van der Waals surface area contributed by atoms with E-state index in [-0.39, 0.29) is 17.5 Å². The Kier molecular flexibility index (Phi) is 6.95. The van der Waals surface area contributed by atoms with Crippen molar-refractivity contribution in [3.8, 4) is 5.75 Å². The first-order valence-corrected chi connectivity index (χ1v) is 7.83. The van der Waals surface area contributed by atoms with Gasteiger partial charge in [-0.15, -0.1) is 0 Å². The molecule has 0 bridgehead atoms. The van der Waals surface area contributed by atoms with Crippen LogP contribution in [0.1, 0.15) is 51.4 Å². The summed E-state index contributed by atoms with van der Waals surface area (Å²) in [5.74, 6) is -1.43. The molecule has 0 aromatic heterocycles. The summed E-state index contributed by atoms with van der Waals surface area (Å²) in [5.41, 5.74) is -0.383. The van der Waals surface area contributed by atoms with Crippen LogP contribution in [0.3, 0.4) is 0 Å². The maximum atomic E-state index is 11.9. The van der Waals surface area contributed by atoms with Crippen molar-refractivity contribution in [1.82, 2.24) is 0 Å². The molecule has 1 unspecified atom stereocenters. The maximum absolute atomic E-state index is 11.9. The SMILES string of the molecule is CCC(C)C(=O)Oc1ccc(C(=O)OCC(=O)OC(C)(C)C)cc1. The normalized spacial score (nSPS) is 12.2. The van der Waals surface area contributed by atoms with Crippen LogP contribution in [0.4, 0.5) is 0 Å². The molecule has 1 aromatic carbocycles. The maximum Gasteiger partial charge on any atom is 0.344 e. The van der Waals surface area contributed by atoms with E-state index in [0.29, 0.717) is 12.2 Å². The topological polar surface area (TPSA) is 78.9 Å². The van der Waals surface area contributed by atoms with Crippen LogP contribution in [0.2, 0.25) is 0 Å². The van der Waals surface area contributed by atoms with Gasteiger partial charge >= 0.3 is 17.9 Å². The minimum Gasteiger partial charge on any atom is -0.457 e. The lowest BCUT2D eigenvalue weighted by Gasteiger charge is -2.19. The number of carbonyl (C=O) groups excluding carboxylic acids is 3. The molecule has 1 rings (SSSR count). The molecule has 0 N–H and O–H groups in total. The van der Waals surface area contributed by atoms with Gasteiger partial charge in [-0.25, -0.2) is 9.59 Å². The first-order valence-electron chi connectivity index (χ1n) is 7.83. The zero-order chi connectivity index (χ0) is 18.3. The molecule has 0 amide bonds. The fraction of sp³-hybridized carbons (Fsp3) is 0.500. The highest BCUT2D eigenvalue weighted by Gasteiger charge is 2.18. The zero-order valence-electron chi connectivity index (χ0n) is 14.8. The lowest BCUT2D eigenvalue weighted by atomic mass is 10.1. The zero-order valence-corrected chi connectivity index (χ0v) is 14.8. The second-order valence-corrected chi connectivity index (χ2v) is 6.42. The van der Waals surface area contributed by atoms with Crippen LogP contribution in [0.5, 0.6) is 5.75 Å². The van der Waals surface area contributed by atoms with Gasteiger partial charge in [0.2, 0.25) is 0 Å². The summed E-state index contributed by atoms with van der Waals surface area (Å²) in [4.78, 5) is 35.1. The van der Waals surface area contributed by atoms with Gasteiger partial charge < -0.3 is 14.2 Å². The minimum atomic E-state index is -0.652. The van der Waals surface area contributed by atoms with Crippen LogP contribution in [-0.2, 0) is 19.1 Å². The van der Waals surface area contributed by atoms with Crippen molar-refractivity contribution in [2.45, 2.75) is 46.6 Å². The summed E-state index contributed by atoms with van der Waals surface area (Å²) in [6, 6.07) is 5.95. The first kappa shape index (κ1) is 19.7. The highest BCUT2D eigenvalue weighted by molar-refractivity contribution is 5.91. The molecule has 1 aromatic rings. The Hall–Kier alpha value is -2.37. The molecule has 132 valence electrons. The fourth-order valence-electron chi connectivity index (χ4n) is 1.62. The van der Waals surface area contributed by atoms with E-state index in [0.717, 1.165) is 0 Å². The molecule has 0 aliphatic rings. The highest BCUT2D eigenvalue weighted by atomic mass is 16.6. The third-order valence-electron chi connectivity index (χ3n) is 3.06. The molecular formula is C18H24O6. The Bertz CT molecular complexity index is 583. The van der Waals surface area contributed by atoms with Gasteiger partial charge in [-0.2, -0.15) is 0 Å². The molecule has 0 radical (unpaired) electrons. The van der Waals surface area contributed by atoms with Crippen LogP contribution < -0.4 is 4.74 Å². The summed E-state index contributed by atoms with van der Waals surface area (Å²) in [5, 5.41) is 0. The van der Waals surface area contributed by atoms with Gasteiger partial charge in [-0.05, 0) is 51.5 Å². The van der Waals surface area contributed by atoms with Crippen molar-refractivity contribution in [3.05, 3.63) is 29.8 Å². The third kappa shape index (κ3) is 6.81. The van der Waals surface area contributed by atoms with Crippen LogP contribution >= 0.6 is 0 Å². The molecule has 0 saturated heterocycles. The van der Waals surface area contributed by atoms with Crippen LogP contribution in [-0.4, -0.2) is 30.1 Å². The van der Waals surface area contributed by atoms with E-state index in [9.17, 15) is 14.4 Å². The molecule has 0 aliphatic heterocycles. The Morgan fingerprint density at radius 1 is 1.08 bits per heavy atom. The van der Waals surface area contributed by atoms with Crippen LogP contribution in [0.25, 0.3) is 0 Å². The van der Waals surface area contributed by atoms with Gasteiger partial charge in [-0.1, -0.05) is 13.8 Å². The van der Waals surface area contributed by atoms with E-state index in [1.807, 2.05) is 6.92 Å². The number of benzene rings is 1. The number of rotatable bonds is 6. The largest absolute Gasteiger partial charge is 0.457 e. The molecule has 0 aliphatic carbocycles. The van der Waals surface area contributed by atoms with E-state index in [2.05, 4.69) is 0 Å². The average molecular weight is 336 g/mol. The Morgan fingerprint density at radius 3 is 2.17 bits per heavy atom. The lowest BCUT2D eigenvalue weighted by Crippen LogP contribution is -2.27. The molecule has 0 saturated carbocycles. The molecular weight excluding hydrogens is 312 g/mol. The van der Waals surface area contributed by atoms with Gasteiger partial charge in [0, 0.05) is 0 Å². The lowest BCUT2D eigenvalue weighted by molar-refractivity contribution is -0.158. The van der Waals surface area contributed by atoms with Crippen molar-refractivity contribution >= 4 is 17.9 Å². The van der Waals surface area contributed by atoms with Gasteiger partial charge in [-0.3, -0.25) is 4.79 Å². The van der Waals surface area contributed by atoms with Crippen molar-refractivity contribution in [2.24, 2.45) is 5.92 Å². The quantitative estimate of drug-likeness (QED) is 0.586. The summed E-state index contributed by atoms with van der Waals surface area (Å²) in [7, 11) is 0.